The Labute approximate surface area is 137 Å². The van der Waals surface area contributed by atoms with Crippen LogP contribution >= 0.6 is 11.6 Å². The number of halogens is 1. The second-order valence-electron chi connectivity index (χ2n) is 5.48. The lowest BCUT2D eigenvalue weighted by atomic mass is 10.1. The van der Waals surface area contributed by atoms with Crippen molar-refractivity contribution in [3.8, 4) is 17.1 Å². The summed E-state index contributed by atoms with van der Waals surface area (Å²) in [5, 5.41) is 8.23. The predicted molar refractivity (Wildman–Crippen MR) is 88.8 cm³/mol. The van der Waals surface area contributed by atoms with E-state index in [1.165, 1.54) is 0 Å². The normalized spacial score (nSPS) is 11.3. The monoisotopic (exact) mass is 324 g/mol. The zero-order chi connectivity index (χ0) is 16.0. The van der Waals surface area contributed by atoms with E-state index in [4.69, 9.17) is 16.0 Å². The van der Waals surface area contributed by atoms with Gasteiger partial charge in [0.2, 0.25) is 5.89 Å². The highest BCUT2D eigenvalue weighted by atomic mass is 35.5. The van der Waals surface area contributed by atoms with E-state index in [-0.39, 0.29) is 0 Å². The molecule has 0 unspecified atom stereocenters. The lowest BCUT2D eigenvalue weighted by Crippen LogP contribution is -1.91. The van der Waals surface area contributed by atoms with Crippen molar-refractivity contribution in [3.63, 3.8) is 0 Å². The van der Waals surface area contributed by atoms with Gasteiger partial charge in [-0.1, -0.05) is 17.7 Å². The molecule has 23 heavy (non-hydrogen) atoms. The fourth-order valence-corrected chi connectivity index (χ4v) is 2.86. The average Bonchev–Trinajstić information content (AvgIpc) is 3.16. The van der Waals surface area contributed by atoms with Gasteiger partial charge in [0.15, 0.2) is 5.58 Å². The van der Waals surface area contributed by atoms with Gasteiger partial charge in [0, 0.05) is 5.69 Å². The molecule has 0 amide bonds. The van der Waals surface area contributed by atoms with Crippen LogP contribution in [0.4, 0.5) is 0 Å². The van der Waals surface area contributed by atoms with Gasteiger partial charge in [-0.05, 0) is 49.2 Å². The molecule has 0 N–H and O–H groups in total. The average molecular weight is 325 g/mol. The Morgan fingerprint density at radius 2 is 1.83 bits per heavy atom. The molecule has 0 aliphatic heterocycles. The number of hydrogen-bond acceptors (Lipinski definition) is 4. The summed E-state index contributed by atoms with van der Waals surface area (Å²) < 4.78 is 7.76. The minimum Gasteiger partial charge on any atom is -0.436 e. The predicted octanol–water partition coefficient (Wildman–Crippen LogP) is 4.35. The van der Waals surface area contributed by atoms with Crippen LogP contribution in [0.1, 0.15) is 11.1 Å². The van der Waals surface area contributed by atoms with Crippen molar-refractivity contribution in [1.29, 1.82) is 0 Å². The molecule has 0 atom stereocenters. The first kappa shape index (κ1) is 14.0. The SMILES string of the molecule is Cc1cc(C)c2oc(-c3cc(-n4cnnc4)ccc3Cl)nc2c1. The van der Waals surface area contributed by atoms with E-state index in [0.717, 1.165) is 33.5 Å². The first-order valence-corrected chi connectivity index (χ1v) is 7.52. The fraction of sp³-hybridized carbons (Fsp3) is 0.118. The van der Waals surface area contributed by atoms with Gasteiger partial charge in [-0.3, -0.25) is 4.57 Å². The zero-order valence-corrected chi connectivity index (χ0v) is 13.4. The summed E-state index contributed by atoms with van der Waals surface area (Å²) in [6.07, 6.45) is 3.26. The van der Waals surface area contributed by atoms with Gasteiger partial charge in [0.1, 0.15) is 18.2 Å². The van der Waals surface area contributed by atoms with Crippen LogP contribution in [-0.2, 0) is 0 Å². The molecule has 5 nitrogen and oxygen atoms in total. The van der Waals surface area contributed by atoms with Crippen LogP contribution in [0.2, 0.25) is 5.02 Å². The van der Waals surface area contributed by atoms with Gasteiger partial charge < -0.3 is 4.42 Å². The van der Waals surface area contributed by atoms with Crippen molar-refractivity contribution in [1.82, 2.24) is 19.7 Å². The smallest absolute Gasteiger partial charge is 0.228 e. The Morgan fingerprint density at radius 3 is 2.61 bits per heavy atom. The van der Waals surface area contributed by atoms with E-state index in [9.17, 15) is 0 Å². The Bertz CT molecular complexity index is 1010. The third-order valence-electron chi connectivity index (χ3n) is 3.72. The van der Waals surface area contributed by atoms with Crippen molar-refractivity contribution in [3.05, 3.63) is 59.1 Å². The maximum absolute atomic E-state index is 6.35. The number of rotatable bonds is 2. The second-order valence-corrected chi connectivity index (χ2v) is 5.89. The quantitative estimate of drug-likeness (QED) is 0.550. The molecule has 0 aliphatic rings. The Kier molecular flexibility index (Phi) is 3.16. The van der Waals surface area contributed by atoms with Crippen LogP contribution in [0.3, 0.4) is 0 Å². The number of aromatic nitrogens is 4. The number of benzene rings is 2. The Balaban J connectivity index is 1.90. The summed E-state index contributed by atoms with van der Waals surface area (Å²) in [6, 6.07) is 9.71. The largest absolute Gasteiger partial charge is 0.436 e. The van der Waals surface area contributed by atoms with Crippen molar-refractivity contribution in [2.45, 2.75) is 13.8 Å². The summed E-state index contributed by atoms with van der Waals surface area (Å²) in [5.41, 5.74) is 5.47. The van der Waals surface area contributed by atoms with Crippen molar-refractivity contribution in [2.75, 3.05) is 0 Å². The maximum atomic E-state index is 6.35. The molecular weight excluding hydrogens is 312 g/mol. The maximum Gasteiger partial charge on any atom is 0.228 e. The summed E-state index contributed by atoms with van der Waals surface area (Å²) in [7, 11) is 0. The van der Waals surface area contributed by atoms with E-state index in [1.807, 2.05) is 38.1 Å². The van der Waals surface area contributed by atoms with Gasteiger partial charge in [-0.2, -0.15) is 0 Å². The van der Waals surface area contributed by atoms with Crippen LogP contribution in [0.5, 0.6) is 0 Å². The number of aryl methyl sites for hydroxylation is 2. The van der Waals surface area contributed by atoms with Gasteiger partial charge in [0.25, 0.3) is 0 Å². The molecule has 2 aromatic carbocycles. The summed E-state index contributed by atoms with van der Waals surface area (Å²) in [6.45, 7) is 4.06. The summed E-state index contributed by atoms with van der Waals surface area (Å²) in [4.78, 5) is 4.60. The van der Waals surface area contributed by atoms with E-state index in [1.54, 1.807) is 17.2 Å². The lowest BCUT2D eigenvalue weighted by Gasteiger charge is -2.05. The van der Waals surface area contributed by atoms with E-state index >= 15 is 0 Å². The molecule has 114 valence electrons. The molecule has 4 aromatic rings. The lowest BCUT2D eigenvalue weighted by molar-refractivity contribution is 0.617. The fourth-order valence-electron chi connectivity index (χ4n) is 2.66. The third kappa shape index (κ3) is 2.39. The minimum atomic E-state index is 0.508. The Morgan fingerprint density at radius 1 is 1.04 bits per heavy atom. The van der Waals surface area contributed by atoms with Gasteiger partial charge in [-0.25, -0.2) is 4.98 Å². The molecule has 0 radical (unpaired) electrons. The Hall–Kier alpha value is -2.66. The summed E-state index contributed by atoms with van der Waals surface area (Å²) in [5.74, 6) is 0.508. The number of hydrogen-bond donors (Lipinski definition) is 0. The molecule has 2 heterocycles. The van der Waals surface area contributed by atoms with Gasteiger partial charge >= 0.3 is 0 Å². The standard InChI is InChI=1S/C17H13ClN4O/c1-10-5-11(2)16-15(6-10)21-17(23-16)13-7-12(3-4-14(13)18)22-8-19-20-9-22/h3-9H,1-2H3. The topological polar surface area (TPSA) is 56.7 Å². The zero-order valence-electron chi connectivity index (χ0n) is 12.6. The second kappa shape index (κ2) is 5.21. The first-order valence-electron chi connectivity index (χ1n) is 7.14. The number of fused-ring (bicyclic) bond motifs is 1. The highest BCUT2D eigenvalue weighted by Gasteiger charge is 2.14. The van der Waals surface area contributed by atoms with Crippen LogP contribution in [0.25, 0.3) is 28.2 Å². The van der Waals surface area contributed by atoms with E-state index < -0.39 is 0 Å². The van der Waals surface area contributed by atoms with Crippen LogP contribution in [0.15, 0.2) is 47.4 Å². The van der Waals surface area contributed by atoms with E-state index in [2.05, 4.69) is 21.2 Å². The molecule has 2 aromatic heterocycles. The highest BCUT2D eigenvalue weighted by molar-refractivity contribution is 6.33. The number of oxazole rings is 1. The van der Waals surface area contributed by atoms with E-state index in [0.29, 0.717) is 10.9 Å². The van der Waals surface area contributed by atoms with Crippen molar-refractivity contribution < 1.29 is 4.42 Å². The van der Waals surface area contributed by atoms with Crippen molar-refractivity contribution >= 4 is 22.7 Å². The van der Waals surface area contributed by atoms with Crippen LogP contribution < -0.4 is 0 Å². The molecule has 0 fully saturated rings. The third-order valence-corrected chi connectivity index (χ3v) is 4.05. The molecule has 4 rings (SSSR count). The first-order chi connectivity index (χ1) is 11.1. The van der Waals surface area contributed by atoms with Gasteiger partial charge in [-0.15, -0.1) is 10.2 Å². The van der Waals surface area contributed by atoms with Crippen molar-refractivity contribution in [2.24, 2.45) is 0 Å². The molecule has 0 saturated heterocycles. The minimum absolute atomic E-state index is 0.508. The molecule has 0 bridgehead atoms. The molecule has 0 spiro atoms. The molecular formula is C17H13ClN4O. The number of nitrogens with zero attached hydrogens (tertiary/aromatic N) is 4. The molecule has 0 saturated carbocycles. The summed E-state index contributed by atoms with van der Waals surface area (Å²) >= 11 is 6.35. The van der Waals surface area contributed by atoms with Gasteiger partial charge in [0.05, 0.1) is 10.6 Å². The van der Waals surface area contributed by atoms with Crippen LogP contribution in [-0.4, -0.2) is 19.7 Å². The molecule has 0 aliphatic carbocycles. The highest BCUT2D eigenvalue weighted by Crippen LogP contribution is 2.33. The molecule has 6 heteroatoms. The van der Waals surface area contributed by atoms with Crippen LogP contribution in [0, 0.1) is 13.8 Å².